The lowest BCUT2D eigenvalue weighted by Gasteiger charge is -1.95. The molecule has 0 aromatic heterocycles. The van der Waals surface area contributed by atoms with Crippen LogP contribution in [0.3, 0.4) is 0 Å². The number of rotatable bonds is 5. The zero-order chi connectivity index (χ0) is 9.82. The van der Waals surface area contributed by atoms with Crippen LogP contribution >= 0.6 is 0 Å². The number of hydrogen-bond acceptors (Lipinski definition) is 3. The number of aliphatic carboxylic acids is 1. The van der Waals surface area contributed by atoms with Crippen molar-refractivity contribution in [2.45, 2.75) is 26.7 Å². The van der Waals surface area contributed by atoms with E-state index >= 15 is 0 Å². The van der Waals surface area contributed by atoms with E-state index in [2.05, 4.69) is 25.7 Å². The molecule has 0 amide bonds. The molecule has 0 aromatic rings. The molecule has 72 valence electrons. The molecule has 0 spiro atoms. The summed E-state index contributed by atoms with van der Waals surface area (Å²) in [4.78, 5) is 9.14. The van der Waals surface area contributed by atoms with Gasteiger partial charge < -0.3 is 15.2 Å². The molecule has 1 N–H and O–H groups in total. The lowest BCUT2D eigenvalue weighted by Crippen LogP contribution is -2.17. The number of carboxylic acids is 1. The average Bonchev–Trinajstić information content (AvgIpc) is 2.07. The minimum absolute atomic E-state index is 0.722. The van der Waals surface area contributed by atoms with Crippen molar-refractivity contribution in [1.82, 2.24) is 5.32 Å². The van der Waals surface area contributed by atoms with Crippen LogP contribution in [0.2, 0.25) is 0 Å². The van der Waals surface area contributed by atoms with E-state index in [1.807, 2.05) is 0 Å². The molecule has 0 heterocycles. The van der Waals surface area contributed by atoms with Gasteiger partial charge in [-0.2, -0.15) is 0 Å². The van der Waals surface area contributed by atoms with Gasteiger partial charge in [0.05, 0.1) is 5.97 Å². The first-order valence-electron chi connectivity index (χ1n) is 4.23. The molecule has 0 fully saturated rings. The predicted molar refractivity (Wildman–Crippen MR) is 48.7 cm³/mol. The smallest absolute Gasteiger partial charge is 0.0636 e. The summed E-state index contributed by atoms with van der Waals surface area (Å²) in [6.07, 6.45) is 3.22. The van der Waals surface area contributed by atoms with Gasteiger partial charge in [0.1, 0.15) is 0 Å². The Kier molecular flexibility index (Phi) is 14.7. The maximum absolute atomic E-state index is 9.14. The van der Waals surface area contributed by atoms with E-state index in [0.717, 1.165) is 6.08 Å². The summed E-state index contributed by atoms with van der Waals surface area (Å²) in [5.41, 5.74) is 0. The van der Waals surface area contributed by atoms with Crippen LogP contribution in [-0.4, -0.2) is 19.1 Å². The Hall–Kier alpha value is -0.830. The molecule has 0 aliphatic carbocycles. The highest BCUT2D eigenvalue weighted by Gasteiger charge is 1.76. The van der Waals surface area contributed by atoms with Crippen LogP contribution in [0.15, 0.2) is 12.7 Å². The molecule has 0 atom stereocenters. The van der Waals surface area contributed by atoms with Crippen LogP contribution in [0.5, 0.6) is 0 Å². The lowest BCUT2D eigenvalue weighted by molar-refractivity contribution is -0.297. The first kappa shape index (κ1) is 13.7. The van der Waals surface area contributed by atoms with Crippen LogP contribution in [0.1, 0.15) is 26.7 Å². The standard InChI is InChI=1S/C6H15N.C3H4O2/c1-3-5-7-6-4-2;1-2-3(4)5/h7H,3-6H2,1-2H3;2H,1H2,(H,4,5)/p-1. The molecule has 3 heteroatoms. The van der Waals surface area contributed by atoms with E-state index in [9.17, 15) is 0 Å². The molecule has 0 aromatic carbocycles. The van der Waals surface area contributed by atoms with E-state index in [1.165, 1.54) is 25.9 Å². The number of hydrogen-bond donors (Lipinski definition) is 1. The van der Waals surface area contributed by atoms with Crippen molar-refractivity contribution in [1.29, 1.82) is 0 Å². The number of carbonyl (C=O) groups is 1. The fourth-order valence-electron chi connectivity index (χ4n) is 0.479. The Morgan fingerprint density at radius 2 is 1.75 bits per heavy atom. The van der Waals surface area contributed by atoms with Crippen LogP contribution in [-0.2, 0) is 4.79 Å². The summed E-state index contributed by atoms with van der Waals surface area (Å²) in [6.45, 7) is 9.61. The predicted octanol–water partition coefficient (Wildman–Crippen LogP) is 0.318. The van der Waals surface area contributed by atoms with Gasteiger partial charge in [0, 0.05) is 0 Å². The van der Waals surface area contributed by atoms with Crippen LogP contribution in [0.4, 0.5) is 0 Å². The number of carbonyl (C=O) groups excluding carboxylic acids is 1. The third-order valence-electron chi connectivity index (χ3n) is 1.02. The zero-order valence-electron chi connectivity index (χ0n) is 7.93. The monoisotopic (exact) mass is 172 g/mol. The fourth-order valence-corrected chi connectivity index (χ4v) is 0.479. The molecule has 3 nitrogen and oxygen atoms in total. The summed E-state index contributed by atoms with van der Waals surface area (Å²) in [5.74, 6) is -1.23. The highest BCUT2D eigenvalue weighted by atomic mass is 16.4. The van der Waals surface area contributed by atoms with Gasteiger partial charge >= 0.3 is 0 Å². The van der Waals surface area contributed by atoms with Gasteiger partial charge in [0.15, 0.2) is 0 Å². The molecule has 0 unspecified atom stereocenters. The molecule has 0 saturated carbocycles. The van der Waals surface area contributed by atoms with Crippen LogP contribution in [0, 0.1) is 0 Å². The molecule has 12 heavy (non-hydrogen) atoms. The maximum atomic E-state index is 9.14. The summed E-state index contributed by atoms with van der Waals surface area (Å²) in [7, 11) is 0. The highest BCUT2D eigenvalue weighted by Crippen LogP contribution is 1.71. The van der Waals surface area contributed by atoms with Crippen molar-refractivity contribution >= 4 is 5.97 Å². The largest absolute Gasteiger partial charge is 0.545 e. The molecule has 0 saturated heterocycles. The second-order valence-electron chi connectivity index (χ2n) is 2.27. The molecule has 0 radical (unpaired) electrons. The van der Waals surface area contributed by atoms with Crippen LogP contribution in [0.25, 0.3) is 0 Å². The van der Waals surface area contributed by atoms with Gasteiger partial charge in [0.2, 0.25) is 0 Å². The molecular weight excluding hydrogens is 154 g/mol. The molecule has 0 rings (SSSR count). The third-order valence-corrected chi connectivity index (χ3v) is 1.02. The highest BCUT2D eigenvalue weighted by molar-refractivity contribution is 5.76. The SMILES string of the molecule is C=CC(=O)[O-].CCCNCCC. The third kappa shape index (κ3) is 22.9. The second-order valence-corrected chi connectivity index (χ2v) is 2.27. The van der Waals surface area contributed by atoms with Crippen molar-refractivity contribution in [2.24, 2.45) is 0 Å². The minimum Gasteiger partial charge on any atom is -0.545 e. The zero-order valence-corrected chi connectivity index (χ0v) is 7.93. The first-order valence-corrected chi connectivity index (χ1v) is 4.23. The summed E-state index contributed by atoms with van der Waals surface area (Å²) in [5, 5.41) is 12.4. The number of carboxylic acid groups (broad SMARTS) is 1. The van der Waals surface area contributed by atoms with Gasteiger partial charge in [-0.05, 0) is 32.0 Å². The van der Waals surface area contributed by atoms with Crippen molar-refractivity contribution in [3.8, 4) is 0 Å². The minimum atomic E-state index is -1.23. The molecular formula is C9H18NO2-. The van der Waals surface area contributed by atoms with Gasteiger partial charge in [0.25, 0.3) is 0 Å². The Morgan fingerprint density at radius 1 is 1.42 bits per heavy atom. The maximum Gasteiger partial charge on any atom is 0.0636 e. The van der Waals surface area contributed by atoms with E-state index < -0.39 is 5.97 Å². The Balaban J connectivity index is 0. The molecule has 0 bridgehead atoms. The topological polar surface area (TPSA) is 52.2 Å². The molecule has 0 aliphatic heterocycles. The van der Waals surface area contributed by atoms with Gasteiger partial charge in [-0.1, -0.05) is 20.4 Å². The summed E-state index contributed by atoms with van der Waals surface area (Å²) < 4.78 is 0. The second kappa shape index (κ2) is 12.8. The fraction of sp³-hybridized carbons (Fsp3) is 0.667. The Morgan fingerprint density at radius 3 is 1.92 bits per heavy atom. The Bertz CT molecular complexity index is 109. The van der Waals surface area contributed by atoms with Gasteiger partial charge in [-0.15, -0.1) is 0 Å². The first-order chi connectivity index (χ1) is 5.68. The van der Waals surface area contributed by atoms with Crippen molar-refractivity contribution in [3.63, 3.8) is 0 Å². The quantitative estimate of drug-likeness (QED) is 0.480. The summed E-state index contributed by atoms with van der Waals surface area (Å²) >= 11 is 0. The van der Waals surface area contributed by atoms with E-state index in [4.69, 9.17) is 9.90 Å². The average molecular weight is 172 g/mol. The van der Waals surface area contributed by atoms with E-state index in [-0.39, 0.29) is 0 Å². The molecule has 0 aliphatic rings. The van der Waals surface area contributed by atoms with Crippen LogP contribution < -0.4 is 10.4 Å². The number of nitrogens with one attached hydrogen (secondary N) is 1. The van der Waals surface area contributed by atoms with E-state index in [1.54, 1.807) is 0 Å². The normalized spacial score (nSPS) is 8.17. The van der Waals surface area contributed by atoms with Crippen molar-refractivity contribution < 1.29 is 9.90 Å². The lowest BCUT2D eigenvalue weighted by atomic mass is 10.4. The van der Waals surface area contributed by atoms with Crippen molar-refractivity contribution in [3.05, 3.63) is 12.7 Å². The Labute approximate surface area is 74.5 Å². The van der Waals surface area contributed by atoms with Crippen molar-refractivity contribution in [2.75, 3.05) is 13.1 Å². The van der Waals surface area contributed by atoms with Gasteiger partial charge in [-0.25, -0.2) is 0 Å². The van der Waals surface area contributed by atoms with E-state index in [0.29, 0.717) is 0 Å². The summed E-state index contributed by atoms with van der Waals surface area (Å²) in [6, 6.07) is 0. The van der Waals surface area contributed by atoms with Gasteiger partial charge in [-0.3, -0.25) is 0 Å².